The second-order valence-corrected chi connectivity index (χ2v) is 2.20. The first-order chi connectivity index (χ1) is 6.40. The molecule has 2 rings (SSSR count). The van der Waals surface area contributed by atoms with Crippen molar-refractivity contribution < 1.29 is 9.15 Å². The molecule has 13 heavy (non-hydrogen) atoms. The summed E-state index contributed by atoms with van der Waals surface area (Å²) >= 11 is 0. The Morgan fingerprint density at radius 3 is 2.62 bits per heavy atom. The summed E-state index contributed by atoms with van der Waals surface area (Å²) < 4.78 is 9.75. The molecule has 2 aromatic rings. The second kappa shape index (κ2) is 3.18. The molecule has 0 aliphatic carbocycles. The van der Waals surface area contributed by atoms with E-state index in [4.69, 9.17) is 9.15 Å². The van der Waals surface area contributed by atoms with Crippen molar-refractivity contribution in [2.45, 2.75) is 0 Å². The molecule has 0 aliphatic rings. The van der Waals surface area contributed by atoms with Gasteiger partial charge in [-0.1, -0.05) is 0 Å². The normalized spacial score (nSPS) is 9.92. The highest BCUT2D eigenvalue weighted by Crippen LogP contribution is 2.14. The van der Waals surface area contributed by atoms with Gasteiger partial charge in [0.2, 0.25) is 6.39 Å². The number of ether oxygens (including phenoxy) is 1. The molecule has 66 valence electrons. The molecule has 0 radical (unpaired) electrons. The van der Waals surface area contributed by atoms with Crippen molar-refractivity contribution in [3.8, 4) is 17.5 Å². The fourth-order valence-corrected chi connectivity index (χ4v) is 0.831. The van der Waals surface area contributed by atoms with Gasteiger partial charge in [0.1, 0.15) is 0 Å². The van der Waals surface area contributed by atoms with Crippen LogP contribution in [0.1, 0.15) is 0 Å². The molecule has 2 aromatic heterocycles. The molecule has 6 nitrogen and oxygen atoms in total. The van der Waals surface area contributed by atoms with Gasteiger partial charge >= 0.3 is 6.01 Å². The van der Waals surface area contributed by atoms with E-state index in [9.17, 15) is 0 Å². The van der Waals surface area contributed by atoms with Crippen molar-refractivity contribution in [1.29, 1.82) is 0 Å². The highest BCUT2D eigenvalue weighted by atomic mass is 16.5. The van der Waals surface area contributed by atoms with Crippen LogP contribution in [-0.4, -0.2) is 27.3 Å². The third-order valence-electron chi connectivity index (χ3n) is 1.42. The Hall–Kier alpha value is -1.98. The van der Waals surface area contributed by atoms with Gasteiger partial charge in [-0.25, -0.2) is 9.97 Å². The number of hydrogen-bond acceptors (Lipinski definition) is 6. The van der Waals surface area contributed by atoms with Gasteiger partial charge in [0.15, 0.2) is 0 Å². The monoisotopic (exact) mass is 178 g/mol. The molecule has 0 aliphatic heterocycles. The zero-order chi connectivity index (χ0) is 9.10. The van der Waals surface area contributed by atoms with Gasteiger partial charge in [-0.15, -0.1) is 10.2 Å². The molecule has 0 amide bonds. The summed E-state index contributed by atoms with van der Waals surface area (Å²) in [6, 6.07) is 0.309. The predicted octanol–water partition coefficient (Wildman–Crippen LogP) is 0.535. The molecule has 0 spiro atoms. The van der Waals surface area contributed by atoms with Crippen molar-refractivity contribution >= 4 is 0 Å². The highest BCUT2D eigenvalue weighted by Gasteiger charge is 2.04. The Morgan fingerprint density at radius 2 is 2.08 bits per heavy atom. The first-order valence-corrected chi connectivity index (χ1v) is 3.52. The Kier molecular flexibility index (Phi) is 1.87. The largest absolute Gasteiger partial charge is 0.467 e. The summed E-state index contributed by atoms with van der Waals surface area (Å²) in [5.41, 5.74) is 0.665. The third-order valence-corrected chi connectivity index (χ3v) is 1.42. The number of methoxy groups -OCH3 is 1. The van der Waals surface area contributed by atoms with Crippen molar-refractivity contribution in [3.63, 3.8) is 0 Å². The Morgan fingerprint density at radius 1 is 1.31 bits per heavy atom. The third kappa shape index (κ3) is 1.46. The maximum atomic E-state index is 4.95. The lowest BCUT2D eigenvalue weighted by Crippen LogP contribution is -1.91. The summed E-state index contributed by atoms with van der Waals surface area (Å²) in [6.07, 6.45) is 4.36. The average Bonchev–Trinajstić information content (AvgIpc) is 2.71. The second-order valence-electron chi connectivity index (χ2n) is 2.20. The molecule has 0 saturated heterocycles. The van der Waals surface area contributed by atoms with Crippen molar-refractivity contribution in [2.24, 2.45) is 0 Å². The minimum atomic E-state index is 0.309. The molecule has 0 N–H and O–H groups in total. The maximum absolute atomic E-state index is 4.95. The van der Waals surface area contributed by atoms with Gasteiger partial charge in [0.25, 0.3) is 5.89 Å². The Labute approximate surface area is 73.6 Å². The molecular weight excluding hydrogens is 172 g/mol. The van der Waals surface area contributed by atoms with Gasteiger partial charge < -0.3 is 9.15 Å². The molecule has 0 fully saturated rings. The van der Waals surface area contributed by atoms with Crippen LogP contribution in [0.3, 0.4) is 0 Å². The van der Waals surface area contributed by atoms with E-state index in [1.54, 1.807) is 12.4 Å². The van der Waals surface area contributed by atoms with Crippen LogP contribution in [0.15, 0.2) is 23.2 Å². The number of rotatable bonds is 2. The van der Waals surface area contributed by atoms with Gasteiger partial charge in [0, 0.05) is 12.4 Å². The zero-order valence-electron chi connectivity index (χ0n) is 6.84. The van der Waals surface area contributed by atoms with Gasteiger partial charge in [-0.3, -0.25) is 0 Å². The van der Waals surface area contributed by atoms with Crippen molar-refractivity contribution in [1.82, 2.24) is 20.2 Å². The Balaban J connectivity index is 2.33. The van der Waals surface area contributed by atoms with Crippen LogP contribution < -0.4 is 4.74 Å². The quantitative estimate of drug-likeness (QED) is 0.667. The first-order valence-electron chi connectivity index (χ1n) is 3.52. The molecule has 2 heterocycles. The van der Waals surface area contributed by atoms with Crippen LogP contribution in [-0.2, 0) is 0 Å². The van der Waals surface area contributed by atoms with Crippen molar-refractivity contribution in [2.75, 3.05) is 7.11 Å². The van der Waals surface area contributed by atoms with E-state index < -0.39 is 0 Å². The highest BCUT2D eigenvalue weighted by molar-refractivity contribution is 5.48. The maximum Gasteiger partial charge on any atom is 0.316 e. The fraction of sp³-hybridized carbons (Fsp3) is 0.143. The number of aromatic nitrogens is 4. The number of nitrogens with zero attached hydrogens (tertiary/aromatic N) is 4. The molecule has 0 saturated carbocycles. The standard InChI is InChI=1S/C7H6N4O2/c1-12-7-8-2-5(3-9-7)6-11-10-4-13-6/h2-4H,1H3. The van der Waals surface area contributed by atoms with Crippen LogP contribution in [0.4, 0.5) is 0 Å². The predicted molar refractivity (Wildman–Crippen MR) is 41.9 cm³/mol. The summed E-state index contributed by atoms with van der Waals surface area (Å²) in [5.74, 6) is 0.391. The lowest BCUT2D eigenvalue weighted by atomic mass is 10.3. The van der Waals surface area contributed by atoms with E-state index >= 15 is 0 Å². The van der Waals surface area contributed by atoms with Crippen LogP contribution >= 0.6 is 0 Å². The minimum absolute atomic E-state index is 0.309. The molecule has 6 heteroatoms. The van der Waals surface area contributed by atoms with Crippen LogP contribution in [0.2, 0.25) is 0 Å². The lowest BCUT2D eigenvalue weighted by molar-refractivity contribution is 0.379. The molecular formula is C7H6N4O2. The fourth-order valence-electron chi connectivity index (χ4n) is 0.831. The summed E-state index contributed by atoms with van der Waals surface area (Å²) in [4.78, 5) is 7.78. The number of hydrogen-bond donors (Lipinski definition) is 0. The lowest BCUT2D eigenvalue weighted by Gasteiger charge is -1.96. The summed E-state index contributed by atoms with van der Waals surface area (Å²) in [6.45, 7) is 0. The molecule has 0 bridgehead atoms. The molecule has 0 aromatic carbocycles. The van der Waals surface area contributed by atoms with Crippen LogP contribution in [0.5, 0.6) is 6.01 Å². The summed E-state index contributed by atoms with van der Waals surface area (Å²) in [5, 5.41) is 7.24. The summed E-state index contributed by atoms with van der Waals surface area (Å²) in [7, 11) is 1.50. The van der Waals surface area contributed by atoms with E-state index in [1.165, 1.54) is 13.5 Å². The van der Waals surface area contributed by atoms with E-state index in [1.807, 2.05) is 0 Å². The van der Waals surface area contributed by atoms with Crippen LogP contribution in [0.25, 0.3) is 11.5 Å². The molecule has 0 unspecified atom stereocenters. The van der Waals surface area contributed by atoms with Gasteiger partial charge in [-0.2, -0.15) is 0 Å². The minimum Gasteiger partial charge on any atom is -0.467 e. The molecule has 0 atom stereocenters. The zero-order valence-corrected chi connectivity index (χ0v) is 6.84. The van der Waals surface area contributed by atoms with E-state index in [0.29, 0.717) is 17.5 Å². The first kappa shape index (κ1) is 7.66. The SMILES string of the molecule is COc1ncc(-c2nnco2)cn1. The van der Waals surface area contributed by atoms with Gasteiger partial charge in [-0.05, 0) is 0 Å². The average molecular weight is 178 g/mol. The van der Waals surface area contributed by atoms with E-state index in [-0.39, 0.29) is 0 Å². The topological polar surface area (TPSA) is 73.9 Å². The smallest absolute Gasteiger partial charge is 0.316 e. The van der Waals surface area contributed by atoms with Gasteiger partial charge in [0.05, 0.1) is 12.7 Å². The van der Waals surface area contributed by atoms with Crippen molar-refractivity contribution in [3.05, 3.63) is 18.8 Å². The van der Waals surface area contributed by atoms with E-state index in [2.05, 4.69) is 20.2 Å². The van der Waals surface area contributed by atoms with E-state index in [0.717, 1.165) is 0 Å². The van der Waals surface area contributed by atoms with Crippen LogP contribution in [0, 0.1) is 0 Å². The Bertz CT molecular complexity index is 370.